The van der Waals surface area contributed by atoms with Crippen LogP contribution >= 0.6 is 0 Å². The molecule has 0 saturated carbocycles. The summed E-state index contributed by atoms with van der Waals surface area (Å²) in [7, 11) is 2.07. The van der Waals surface area contributed by atoms with Crippen molar-refractivity contribution in [3.63, 3.8) is 0 Å². The average molecular weight is 340 g/mol. The van der Waals surface area contributed by atoms with Gasteiger partial charge in [0, 0.05) is 18.7 Å². The maximum Gasteiger partial charge on any atom is 0.248 e. The quantitative estimate of drug-likeness (QED) is 0.716. The van der Waals surface area contributed by atoms with Gasteiger partial charge in [-0.15, -0.1) is 10.2 Å². The van der Waals surface area contributed by atoms with Crippen LogP contribution in [-0.4, -0.2) is 56.1 Å². The first-order chi connectivity index (χ1) is 12.2. The van der Waals surface area contributed by atoms with Gasteiger partial charge in [-0.25, -0.2) is 9.67 Å². The minimum atomic E-state index is -0.197. The third kappa shape index (κ3) is 3.45. The van der Waals surface area contributed by atoms with Crippen LogP contribution in [0.3, 0.4) is 0 Å². The summed E-state index contributed by atoms with van der Waals surface area (Å²) >= 11 is 0. The lowest BCUT2D eigenvalue weighted by atomic mass is 10.1. The van der Waals surface area contributed by atoms with Crippen LogP contribution in [0.1, 0.15) is 24.5 Å². The standard InChI is InChI=1S/C17H20N6O2/c1-12-7-22(2)9-15(24-12)17-21-20-16(25-17)14-6-4-3-5-13(14)8-23-11-18-10-19-23/h3-6,10-12,15H,7-9H2,1-2H3/t12-,15-/m1/s1. The van der Waals surface area contributed by atoms with E-state index < -0.39 is 0 Å². The second-order valence-corrected chi connectivity index (χ2v) is 6.35. The summed E-state index contributed by atoms with van der Waals surface area (Å²) in [6, 6.07) is 7.93. The Kier molecular flexibility index (Phi) is 4.29. The molecular formula is C17H20N6O2. The van der Waals surface area contributed by atoms with E-state index in [4.69, 9.17) is 9.15 Å². The molecule has 0 spiro atoms. The van der Waals surface area contributed by atoms with Gasteiger partial charge in [-0.05, 0) is 25.6 Å². The first kappa shape index (κ1) is 15.9. The van der Waals surface area contributed by atoms with Gasteiger partial charge < -0.3 is 14.1 Å². The molecule has 25 heavy (non-hydrogen) atoms. The zero-order chi connectivity index (χ0) is 17.2. The van der Waals surface area contributed by atoms with Crippen LogP contribution in [0.2, 0.25) is 0 Å². The van der Waals surface area contributed by atoms with E-state index in [0.29, 0.717) is 18.3 Å². The van der Waals surface area contributed by atoms with Crippen molar-refractivity contribution in [3.8, 4) is 11.5 Å². The Bertz CT molecular complexity index is 821. The highest BCUT2D eigenvalue weighted by molar-refractivity contribution is 5.58. The zero-order valence-electron chi connectivity index (χ0n) is 14.2. The van der Waals surface area contributed by atoms with Crippen LogP contribution in [0.25, 0.3) is 11.5 Å². The minimum absolute atomic E-state index is 0.138. The van der Waals surface area contributed by atoms with Gasteiger partial charge in [0.05, 0.1) is 12.6 Å². The second-order valence-electron chi connectivity index (χ2n) is 6.35. The molecule has 0 radical (unpaired) electrons. The Balaban J connectivity index is 1.60. The van der Waals surface area contributed by atoms with E-state index in [1.165, 1.54) is 6.33 Å². The molecule has 0 unspecified atom stereocenters. The van der Waals surface area contributed by atoms with Gasteiger partial charge in [-0.1, -0.05) is 18.2 Å². The van der Waals surface area contributed by atoms with Crippen molar-refractivity contribution in [2.75, 3.05) is 20.1 Å². The number of benzene rings is 1. The van der Waals surface area contributed by atoms with E-state index in [9.17, 15) is 0 Å². The fraction of sp³-hybridized carbons (Fsp3) is 0.412. The molecule has 0 N–H and O–H groups in total. The molecular weight excluding hydrogens is 320 g/mol. The number of ether oxygens (including phenoxy) is 1. The molecule has 3 heterocycles. The van der Waals surface area contributed by atoms with Crippen LogP contribution in [-0.2, 0) is 11.3 Å². The first-order valence-corrected chi connectivity index (χ1v) is 8.27. The Morgan fingerprint density at radius 2 is 2.08 bits per heavy atom. The summed E-state index contributed by atoms with van der Waals surface area (Å²) in [6.45, 7) is 4.28. The number of nitrogens with zero attached hydrogens (tertiary/aromatic N) is 6. The normalized spacial score (nSPS) is 21.5. The Hall–Kier alpha value is -2.58. The lowest BCUT2D eigenvalue weighted by Crippen LogP contribution is -2.40. The highest BCUT2D eigenvalue weighted by Gasteiger charge is 2.29. The molecule has 1 saturated heterocycles. The number of morpholine rings is 1. The molecule has 0 amide bonds. The molecule has 1 aromatic carbocycles. The molecule has 2 atom stereocenters. The SMILES string of the molecule is C[C@@H]1CN(C)C[C@H](c2nnc(-c3ccccc3Cn3cncn3)o2)O1. The third-order valence-electron chi connectivity index (χ3n) is 4.21. The van der Waals surface area contributed by atoms with Crippen molar-refractivity contribution in [2.24, 2.45) is 0 Å². The fourth-order valence-electron chi connectivity index (χ4n) is 3.13. The van der Waals surface area contributed by atoms with Crippen LogP contribution < -0.4 is 0 Å². The maximum absolute atomic E-state index is 5.95. The second kappa shape index (κ2) is 6.73. The smallest absolute Gasteiger partial charge is 0.248 e. The number of hydrogen-bond acceptors (Lipinski definition) is 7. The topological polar surface area (TPSA) is 82.1 Å². The molecule has 2 aromatic heterocycles. The van der Waals surface area contributed by atoms with E-state index in [1.54, 1.807) is 11.0 Å². The predicted octanol–water partition coefficient (Wildman–Crippen LogP) is 1.77. The molecule has 4 rings (SSSR count). The summed E-state index contributed by atoms with van der Waals surface area (Å²) in [4.78, 5) is 6.19. The van der Waals surface area contributed by atoms with Crippen molar-refractivity contribution >= 4 is 0 Å². The van der Waals surface area contributed by atoms with Crippen LogP contribution in [0.15, 0.2) is 41.3 Å². The van der Waals surface area contributed by atoms with Crippen molar-refractivity contribution in [3.05, 3.63) is 48.4 Å². The third-order valence-corrected chi connectivity index (χ3v) is 4.21. The number of rotatable bonds is 4. The van der Waals surface area contributed by atoms with Gasteiger partial charge in [0.25, 0.3) is 0 Å². The highest BCUT2D eigenvalue weighted by Crippen LogP contribution is 2.28. The van der Waals surface area contributed by atoms with Crippen molar-refractivity contribution < 1.29 is 9.15 Å². The van der Waals surface area contributed by atoms with E-state index >= 15 is 0 Å². The van der Waals surface area contributed by atoms with Gasteiger partial charge >= 0.3 is 0 Å². The lowest BCUT2D eigenvalue weighted by Gasteiger charge is -2.32. The van der Waals surface area contributed by atoms with Gasteiger partial charge in [0.1, 0.15) is 18.8 Å². The molecule has 0 bridgehead atoms. The monoisotopic (exact) mass is 340 g/mol. The molecule has 3 aromatic rings. The fourth-order valence-corrected chi connectivity index (χ4v) is 3.13. The lowest BCUT2D eigenvalue weighted by molar-refractivity contribution is -0.0821. The van der Waals surface area contributed by atoms with E-state index in [1.807, 2.05) is 31.2 Å². The summed E-state index contributed by atoms with van der Waals surface area (Å²) in [5.74, 6) is 1.01. The predicted molar refractivity (Wildman–Crippen MR) is 89.6 cm³/mol. The molecule has 1 fully saturated rings. The molecule has 1 aliphatic heterocycles. The summed E-state index contributed by atoms with van der Waals surface area (Å²) in [6.07, 6.45) is 3.14. The largest absolute Gasteiger partial charge is 0.418 e. The zero-order valence-corrected chi connectivity index (χ0v) is 14.2. The molecule has 130 valence electrons. The number of aromatic nitrogens is 5. The highest BCUT2D eigenvalue weighted by atomic mass is 16.5. The average Bonchev–Trinajstić information content (AvgIpc) is 3.26. The molecule has 8 heteroatoms. The maximum atomic E-state index is 5.95. The Morgan fingerprint density at radius 3 is 2.88 bits per heavy atom. The summed E-state index contributed by atoms with van der Waals surface area (Å²) in [5.41, 5.74) is 1.94. The van der Waals surface area contributed by atoms with Crippen LogP contribution in [0.5, 0.6) is 0 Å². The summed E-state index contributed by atoms with van der Waals surface area (Å²) in [5, 5.41) is 12.6. The van der Waals surface area contributed by atoms with Crippen molar-refractivity contribution in [2.45, 2.75) is 25.7 Å². The number of likely N-dealkylation sites (N-methyl/N-ethyl adjacent to an activating group) is 1. The Morgan fingerprint density at radius 1 is 1.20 bits per heavy atom. The van der Waals surface area contributed by atoms with Gasteiger partial charge in [-0.3, -0.25) is 0 Å². The van der Waals surface area contributed by atoms with Crippen LogP contribution in [0, 0.1) is 0 Å². The van der Waals surface area contributed by atoms with Crippen molar-refractivity contribution in [1.29, 1.82) is 0 Å². The number of hydrogen-bond donors (Lipinski definition) is 0. The Labute approximate surface area is 145 Å². The van der Waals surface area contributed by atoms with E-state index in [-0.39, 0.29) is 12.2 Å². The first-order valence-electron chi connectivity index (χ1n) is 8.27. The van der Waals surface area contributed by atoms with Crippen LogP contribution in [0.4, 0.5) is 0 Å². The molecule has 1 aliphatic rings. The minimum Gasteiger partial charge on any atom is -0.418 e. The van der Waals surface area contributed by atoms with E-state index in [2.05, 4.69) is 32.2 Å². The summed E-state index contributed by atoms with van der Waals surface area (Å²) < 4.78 is 13.7. The van der Waals surface area contributed by atoms with Gasteiger partial charge in [-0.2, -0.15) is 5.10 Å². The van der Waals surface area contributed by atoms with Crippen molar-refractivity contribution in [1.82, 2.24) is 29.9 Å². The molecule has 0 aliphatic carbocycles. The molecule has 8 nitrogen and oxygen atoms in total. The van der Waals surface area contributed by atoms with Gasteiger partial charge in [0.2, 0.25) is 11.8 Å². The van der Waals surface area contributed by atoms with E-state index in [0.717, 1.165) is 24.2 Å². The van der Waals surface area contributed by atoms with Gasteiger partial charge in [0.15, 0.2) is 0 Å².